The lowest BCUT2D eigenvalue weighted by Gasteiger charge is -2.13. The van der Waals surface area contributed by atoms with Gasteiger partial charge in [0.1, 0.15) is 0 Å². The lowest BCUT2D eigenvalue weighted by molar-refractivity contribution is 0.497. The van der Waals surface area contributed by atoms with Crippen molar-refractivity contribution in [2.75, 3.05) is 19.3 Å². The fourth-order valence-corrected chi connectivity index (χ4v) is 3.72. The molecule has 0 radical (unpaired) electrons. The van der Waals surface area contributed by atoms with Crippen LogP contribution in [0.2, 0.25) is 0 Å². The molecule has 1 aromatic heterocycles. The Labute approximate surface area is 141 Å². The Kier molecular flexibility index (Phi) is 5.58. The standard InChI is InChI=1S/C17H22N4OS/c1-18-17(20-10-14-8-5-9-23-14)21-12-16-19-11-15(22-16)13-6-3-2-4-7-13/h2-4,6-7,11,14H,5,8-10,12H2,1H3,(H2,18,20,21). The van der Waals surface area contributed by atoms with E-state index >= 15 is 0 Å². The second kappa shape index (κ2) is 8.06. The zero-order valence-electron chi connectivity index (χ0n) is 13.3. The summed E-state index contributed by atoms with van der Waals surface area (Å²) in [5.41, 5.74) is 1.03. The summed E-state index contributed by atoms with van der Waals surface area (Å²) in [5, 5.41) is 7.31. The molecule has 0 aliphatic carbocycles. The molecule has 1 aliphatic heterocycles. The van der Waals surface area contributed by atoms with E-state index in [2.05, 4.69) is 20.6 Å². The van der Waals surface area contributed by atoms with Gasteiger partial charge in [-0.05, 0) is 18.6 Å². The zero-order valence-corrected chi connectivity index (χ0v) is 14.1. The fourth-order valence-electron chi connectivity index (χ4n) is 2.52. The smallest absolute Gasteiger partial charge is 0.214 e. The molecule has 5 nitrogen and oxygen atoms in total. The van der Waals surface area contributed by atoms with Gasteiger partial charge in [-0.3, -0.25) is 4.99 Å². The molecule has 0 bridgehead atoms. The maximum absolute atomic E-state index is 5.78. The Morgan fingerprint density at radius 2 is 2.22 bits per heavy atom. The van der Waals surface area contributed by atoms with E-state index in [1.54, 1.807) is 13.2 Å². The molecule has 2 N–H and O–H groups in total. The Bertz CT molecular complexity index is 635. The number of benzene rings is 1. The van der Waals surface area contributed by atoms with E-state index in [9.17, 15) is 0 Å². The minimum Gasteiger partial charge on any atom is -0.439 e. The average molecular weight is 330 g/mol. The van der Waals surface area contributed by atoms with E-state index in [0.29, 0.717) is 17.7 Å². The Morgan fingerprint density at radius 3 is 2.96 bits per heavy atom. The van der Waals surface area contributed by atoms with Crippen molar-refractivity contribution in [3.63, 3.8) is 0 Å². The molecule has 1 aromatic carbocycles. The third kappa shape index (κ3) is 4.51. The van der Waals surface area contributed by atoms with Gasteiger partial charge in [0.15, 0.2) is 11.7 Å². The van der Waals surface area contributed by atoms with Gasteiger partial charge < -0.3 is 15.1 Å². The van der Waals surface area contributed by atoms with Gasteiger partial charge in [-0.1, -0.05) is 30.3 Å². The minimum atomic E-state index is 0.518. The number of aromatic nitrogens is 1. The molecule has 0 spiro atoms. The van der Waals surface area contributed by atoms with Gasteiger partial charge in [0.2, 0.25) is 5.89 Å². The molecule has 1 atom stereocenters. The van der Waals surface area contributed by atoms with Gasteiger partial charge in [-0.2, -0.15) is 11.8 Å². The lowest BCUT2D eigenvalue weighted by Crippen LogP contribution is -2.39. The number of aliphatic imine (C=N–C) groups is 1. The summed E-state index contributed by atoms with van der Waals surface area (Å²) >= 11 is 2.03. The average Bonchev–Trinajstić information content (AvgIpc) is 3.27. The van der Waals surface area contributed by atoms with Gasteiger partial charge in [-0.15, -0.1) is 0 Å². The van der Waals surface area contributed by atoms with Crippen molar-refractivity contribution >= 4 is 17.7 Å². The number of oxazole rings is 1. The molecule has 2 heterocycles. The van der Waals surface area contributed by atoms with Gasteiger partial charge in [0.05, 0.1) is 12.7 Å². The van der Waals surface area contributed by atoms with Crippen LogP contribution in [-0.2, 0) is 6.54 Å². The van der Waals surface area contributed by atoms with Crippen molar-refractivity contribution in [1.82, 2.24) is 15.6 Å². The first kappa shape index (κ1) is 15.9. The van der Waals surface area contributed by atoms with Crippen molar-refractivity contribution in [2.45, 2.75) is 24.6 Å². The maximum atomic E-state index is 5.78. The van der Waals surface area contributed by atoms with E-state index in [1.165, 1.54) is 18.6 Å². The lowest BCUT2D eigenvalue weighted by atomic mass is 10.2. The van der Waals surface area contributed by atoms with Crippen LogP contribution in [0.5, 0.6) is 0 Å². The molecular weight excluding hydrogens is 308 g/mol. The summed E-state index contributed by atoms with van der Waals surface area (Å²) < 4.78 is 5.78. The number of thioether (sulfide) groups is 1. The van der Waals surface area contributed by atoms with Gasteiger partial charge >= 0.3 is 0 Å². The topological polar surface area (TPSA) is 62.5 Å². The van der Waals surface area contributed by atoms with E-state index in [4.69, 9.17) is 4.42 Å². The highest BCUT2D eigenvalue weighted by Crippen LogP contribution is 2.25. The Morgan fingerprint density at radius 1 is 1.35 bits per heavy atom. The third-order valence-corrected chi connectivity index (χ3v) is 5.16. The predicted octanol–water partition coefficient (Wildman–Crippen LogP) is 2.90. The highest BCUT2D eigenvalue weighted by atomic mass is 32.2. The van der Waals surface area contributed by atoms with E-state index < -0.39 is 0 Å². The number of nitrogens with zero attached hydrogens (tertiary/aromatic N) is 2. The Hall–Kier alpha value is -1.95. The van der Waals surface area contributed by atoms with Gasteiger partial charge in [-0.25, -0.2) is 4.98 Å². The predicted molar refractivity (Wildman–Crippen MR) is 95.6 cm³/mol. The molecular formula is C17H22N4OS. The molecule has 0 amide bonds. The molecule has 1 aliphatic rings. The van der Waals surface area contributed by atoms with Crippen molar-refractivity contribution in [1.29, 1.82) is 0 Å². The van der Waals surface area contributed by atoms with Gasteiger partial charge in [0, 0.05) is 24.4 Å². The second-order valence-electron chi connectivity index (χ2n) is 5.43. The summed E-state index contributed by atoms with van der Waals surface area (Å²) in [4.78, 5) is 8.57. The van der Waals surface area contributed by atoms with Crippen LogP contribution < -0.4 is 10.6 Å². The number of hydrogen-bond donors (Lipinski definition) is 2. The largest absolute Gasteiger partial charge is 0.439 e. The van der Waals surface area contributed by atoms with E-state index in [-0.39, 0.29) is 0 Å². The fraction of sp³-hybridized carbons (Fsp3) is 0.412. The molecule has 2 aromatic rings. The first-order valence-corrected chi connectivity index (χ1v) is 8.96. The van der Waals surface area contributed by atoms with Crippen molar-refractivity contribution in [3.05, 3.63) is 42.4 Å². The summed E-state index contributed by atoms with van der Waals surface area (Å²) in [6.07, 6.45) is 4.37. The van der Waals surface area contributed by atoms with Crippen LogP contribution >= 0.6 is 11.8 Å². The molecule has 3 rings (SSSR count). The molecule has 1 saturated heterocycles. The normalized spacial score (nSPS) is 18.1. The quantitative estimate of drug-likeness (QED) is 0.652. The van der Waals surface area contributed by atoms with E-state index in [0.717, 1.165) is 23.8 Å². The van der Waals surface area contributed by atoms with Gasteiger partial charge in [0.25, 0.3) is 0 Å². The van der Waals surface area contributed by atoms with Crippen LogP contribution in [0.25, 0.3) is 11.3 Å². The Balaban J connectivity index is 1.50. The molecule has 1 unspecified atom stereocenters. The van der Waals surface area contributed by atoms with Crippen molar-refractivity contribution in [2.24, 2.45) is 4.99 Å². The second-order valence-corrected chi connectivity index (χ2v) is 6.83. The first-order valence-electron chi connectivity index (χ1n) is 7.91. The molecule has 0 saturated carbocycles. The van der Waals surface area contributed by atoms with Crippen molar-refractivity contribution in [3.8, 4) is 11.3 Å². The third-order valence-electron chi connectivity index (χ3n) is 3.76. The number of hydrogen-bond acceptors (Lipinski definition) is 4. The van der Waals surface area contributed by atoms with E-state index in [1.807, 2.05) is 42.1 Å². The molecule has 6 heteroatoms. The minimum absolute atomic E-state index is 0.518. The maximum Gasteiger partial charge on any atom is 0.214 e. The summed E-state index contributed by atoms with van der Waals surface area (Å²) in [5.74, 6) is 3.50. The first-order chi connectivity index (χ1) is 11.3. The number of rotatable bonds is 5. The molecule has 1 fully saturated rings. The van der Waals surface area contributed by atoms with Crippen LogP contribution in [0.15, 0.2) is 45.9 Å². The number of guanidine groups is 1. The van der Waals surface area contributed by atoms with Crippen molar-refractivity contribution < 1.29 is 4.42 Å². The molecule has 122 valence electrons. The monoisotopic (exact) mass is 330 g/mol. The highest BCUT2D eigenvalue weighted by molar-refractivity contribution is 8.00. The summed E-state index contributed by atoms with van der Waals surface area (Å²) in [6.45, 7) is 1.47. The molecule has 23 heavy (non-hydrogen) atoms. The van der Waals surface area contributed by atoms with Crippen LogP contribution in [0.4, 0.5) is 0 Å². The summed E-state index contributed by atoms with van der Waals surface area (Å²) in [7, 11) is 1.78. The van der Waals surface area contributed by atoms with Crippen LogP contribution in [0.1, 0.15) is 18.7 Å². The zero-order chi connectivity index (χ0) is 15.9. The summed E-state index contributed by atoms with van der Waals surface area (Å²) in [6, 6.07) is 9.99. The number of nitrogens with one attached hydrogen (secondary N) is 2. The van der Waals surface area contributed by atoms with Crippen LogP contribution in [0, 0.1) is 0 Å². The van der Waals surface area contributed by atoms with Crippen LogP contribution in [0.3, 0.4) is 0 Å². The van der Waals surface area contributed by atoms with Crippen LogP contribution in [-0.4, -0.2) is 35.5 Å². The SMILES string of the molecule is CN=C(NCc1ncc(-c2ccccc2)o1)NCC1CCCS1. The highest BCUT2D eigenvalue weighted by Gasteiger charge is 2.15.